The lowest BCUT2D eigenvalue weighted by Gasteiger charge is -2.42. The number of aromatic hydroxyl groups is 1. The second-order valence-corrected chi connectivity index (χ2v) is 11.2. The number of nitrogens with zero attached hydrogens (tertiary/aromatic N) is 6. The molecule has 0 amide bonds. The van der Waals surface area contributed by atoms with E-state index in [4.69, 9.17) is 14.7 Å². The van der Waals surface area contributed by atoms with Gasteiger partial charge < -0.3 is 29.4 Å². The number of allylic oxidation sites excluding steroid dienone is 1. The molecule has 3 aliphatic heterocycles. The zero-order valence-electron chi connectivity index (χ0n) is 23.4. The number of likely N-dealkylation sites (tertiary alicyclic amines) is 1. The molecule has 210 valence electrons. The van der Waals surface area contributed by atoms with Crippen LogP contribution in [0.4, 0.5) is 11.5 Å². The van der Waals surface area contributed by atoms with Crippen LogP contribution in [0.3, 0.4) is 0 Å². The van der Waals surface area contributed by atoms with E-state index < -0.39 is 0 Å². The summed E-state index contributed by atoms with van der Waals surface area (Å²) in [5.41, 5.74) is 3.17. The minimum absolute atomic E-state index is 0.214. The molecule has 0 radical (unpaired) electrons. The van der Waals surface area contributed by atoms with Crippen LogP contribution in [-0.4, -0.2) is 89.6 Å². The van der Waals surface area contributed by atoms with E-state index >= 15 is 0 Å². The first kappa shape index (κ1) is 26.4. The number of anilines is 2. The molecule has 3 aromatic rings. The second kappa shape index (κ2) is 11.3. The maximum absolute atomic E-state index is 10.8. The van der Waals surface area contributed by atoms with Crippen LogP contribution in [0.15, 0.2) is 48.7 Å². The predicted octanol–water partition coefficient (Wildman–Crippen LogP) is 3.59. The topological polar surface area (TPSA) is 85.3 Å². The van der Waals surface area contributed by atoms with Gasteiger partial charge in [-0.05, 0) is 57.3 Å². The van der Waals surface area contributed by atoms with Gasteiger partial charge in [0.25, 0.3) is 0 Å². The number of likely N-dealkylation sites (N-methyl/N-ethyl adjacent to an activating group) is 1. The number of benzene rings is 2. The first-order valence-corrected chi connectivity index (χ1v) is 14.3. The van der Waals surface area contributed by atoms with Crippen LogP contribution >= 0.6 is 0 Å². The van der Waals surface area contributed by atoms with E-state index in [1.807, 2.05) is 36.5 Å². The van der Waals surface area contributed by atoms with Gasteiger partial charge in [-0.3, -0.25) is 4.79 Å². The number of aldehydes is 1. The average Bonchev–Trinajstić information content (AvgIpc) is 3.38. The number of ether oxygens (including phenoxy) is 1. The number of phenols is 1. The van der Waals surface area contributed by atoms with Crippen LogP contribution in [0.5, 0.6) is 11.8 Å². The number of piperazine rings is 1. The molecule has 3 aliphatic rings. The molecule has 2 aromatic carbocycles. The third-order valence-corrected chi connectivity index (χ3v) is 8.57. The minimum atomic E-state index is 0.214. The van der Waals surface area contributed by atoms with Gasteiger partial charge in [0.1, 0.15) is 24.5 Å². The van der Waals surface area contributed by atoms with Crippen molar-refractivity contribution < 1.29 is 14.6 Å². The summed E-state index contributed by atoms with van der Waals surface area (Å²) in [6, 6.07) is 12.9. The molecule has 2 atom stereocenters. The Hall–Kier alpha value is -3.85. The average molecular weight is 543 g/mol. The van der Waals surface area contributed by atoms with E-state index in [0.717, 1.165) is 79.8 Å². The molecule has 0 unspecified atom stereocenters. The number of rotatable bonds is 7. The summed E-state index contributed by atoms with van der Waals surface area (Å²) < 4.78 is 6.29. The normalized spacial score (nSPS) is 21.8. The fraction of sp³-hybridized carbons (Fsp3) is 0.452. The smallest absolute Gasteiger partial charge is 0.318 e. The van der Waals surface area contributed by atoms with Crippen LogP contribution in [0.1, 0.15) is 31.0 Å². The van der Waals surface area contributed by atoms with E-state index in [1.54, 1.807) is 6.08 Å². The standard InChI is InChI=1S/C31H38N6O3/c1-22-19-35(12-6-16-38)14-15-37(22)30-27-10-13-36(29-18-25(39)17-23-7-3-4-9-26(23)29)20-28(27)32-31(33-30)40-21-24-8-5-11-34(24)2/h3-4,6-7,9,12,16-18,22,24,39H,5,8,10-11,13-15,19-21H2,1-2H3/t22-,24+/m0/s1. The monoisotopic (exact) mass is 542 g/mol. The zero-order chi connectivity index (χ0) is 27.6. The lowest BCUT2D eigenvalue weighted by atomic mass is 10.0. The Balaban J connectivity index is 1.32. The quantitative estimate of drug-likeness (QED) is 0.356. The molecule has 4 heterocycles. The van der Waals surface area contributed by atoms with Crippen LogP contribution in [0.2, 0.25) is 0 Å². The van der Waals surface area contributed by atoms with Gasteiger partial charge in [-0.2, -0.15) is 9.97 Å². The van der Waals surface area contributed by atoms with Gasteiger partial charge in [-0.1, -0.05) is 24.3 Å². The number of hydrogen-bond acceptors (Lipinski definition) is 9. The molecule has 9 heteroatoms. The van der Waals surface area contributed by atoms with Gasteiger partial charge >= 0.3 is 6.01 Å². The van der Waals surface area contributed by atoms with Crippen LogP contribution in [0, 0.1) is 0 Å². The number of hydrogen-bond donors (Lipinski definition) is 1. The Bertz CT molecular complexity index is 1410. The molecule has 1 aromatic heterocycles. The summed E-state index contributed by atoms with van der Waals surface area (Å²) in [5, 5.41) is 12.6. The molecule has 40 heavy (non-hydrogen) atoms. The molecular formula is C31H38N6O3. The molecule has 6 rings (SSSR count). The van der Waals surface area contributed by atoms with Crippen LogP contribution in [0.25, 0.3) is 10.8 Å². The summed E-state index contributed by atoms with van der Waals surface area (Å²) in [6.45, 7) is 7.74. The van der Waals surface area contributed by atoms with E-state index in [2.05, 4.69) is 39.6 Å². The maximum atomic E-state index is 10.8. The van der Waals surface area contributed by atoms with E-state index in [-0.39, 0.29) is 11.8 Å². The summed E-state index contributed by atoms with van der Waals surface area (Å²) in [5.74, 6) is 1.23. The molecule has 2 saturated heterocycles. The van der Waals surface area contributed by atoms with Gasteiger partial charge in [0.05, 0.1) is 12.2 Å². The van der Waals surface area contributed by atoms with Crippen molar-refractivity contribution in [3.63, 3.8) is 0 Å². The fourth-order valence-electron chi connectivity index (χ4n) is 6.39. The molecule has 9 nitrogen and oxygen atoms in total. The van der Waals surface area contributed by atoms with Gasteiger partial charge in [0.15, 0.2) is 0 Å². The lowest BCUT2D eigenvalue weighted by molar-refractivity contribution is -0.104. The largest absolute Gasteiger partial charge is 0.508 e. The minimum Gasteiger partial charge on any atom is -0.508 e. The van der Waals surface area contributed by atoms with Crippen molar-refractivity contribution in [2.45, 2.75) is 44.8 Å². The van der Waals surface area contributed by atoms with Gasteiger partial charge in [-0.25, -0.2) is 0 Å². The van der Waals surface area contributed by atoms with E-state index in [0.29, 0.717) is 25.2 Å². The lowest BCUT2D eigenvalue weighted by Crippen LogP contribution is -2.51. The molecule has 0 aliphatic carbocycles. The first-order valence-electron chi connectivity index (χ1n) is 14.3. The first-order chi connectivity index (χ1) is 19.5. The van der Waals surface area contributed by atoms with Gasteiger partial charge in [0.2, 0.25) is 0 Å². The number of fused-ring (bicyclic) bond motifs is 2. The van der Waals surface area contributed by atoms with Crippen molar-refractivity contribution in [2.75, 3.05) is 56.2 Å². The molecule has 2 fully saturated rings. The highest BCUT2D eigenvalue weighted by Crippen LogP contribution is 2.37. The molecule has 0 bridgehead atoms. The molecular weight excluding hydrogens is 504 g/mol. The highest BCUT2D eigenvalue weighted by atomic mass is 16.5. The number of aromatic nitrogens is 2. The zero-order valence-corrected chi connectivity index (χ0v) is 23.4. The Morgan fingerprint density at radius 2 is 2.00 bits per heavy atom. The molecule has 0 spiro atoms. The predicted molar refractivity (Wildman–Crippen MR) is 157 cm³/mol. The molecule has 0 saturated carbocycles. The molecule has 1 N–H and O–H groups in total. The van der Waals surface area contributed by atoms with Crippen molar-refractivity contribution in [2.24, 2.45) is 0 Å². The van der Waals surface area contributed by atoms with Crippen LogP contribution in [-0.2, 0) is 17.8 Å². The maximum Gasteiger partial charge on any atom is 0.318 e. The van der Waals surface area contributed by atoms with Crippen molar-refractivity contribution in [3.8, 4) is 11.8 Å². The van der Waals surface area contributed by atoms with E-state index in [9.17, 15) is 9.90 Å². The highest BCUT2D eigenvalue weighted by Gasteiger charge is 2.31. The fourth-order valence-corrected chi connectivity index (χ4v) is 6.39. The van der Waals surface area contributed by atoms with Gasteiger partial charge in [0, 0.05) is 67.2 Å². The summed E-state index contributed by atoms with van der Waals surface area (Å²) in [4.78, 5) is 30.0. The van der Waals surface area contributed by atoms with Crippen molar-refractivity contribution in [1.29, 1.82) is 0 Å². The number of carbonyl (C=O) groups excluding carboxylic acids is 1. The van der Waals surface area contributed by atoms with Crippen molar-refractivity contribution in [3.05, 3.63) is 59.9 Å². The van der Waals surface area contributed by atoms with Crippen molar-refractivity contribution >= 4 is 28.6 Å². The Morgan fingerprint density at radius 3 is 2.80 bits per heavy atom. The third kappa shape index (κ3) is 5.30. The van der Waals surface area contributed by atoms with Crippen molar-refractivity contribution in [1.82, 2.24) is 19.8 Å². The highest BCUT2D eigenvalue weighted by molar-refractivity contribution is 5.95. The summed E-state index contributed by atoms with van der Waals surface area (Å²) in [6.07, 6.45) is 7.37. The Kier molecular flexibility index (Phi) is 7.47. The number of carbonyl (C=O) groups is 1. The SMILES string of the molecule is C[C@H]1CN(C=CC=O)CCN1c1nc(OC[C@H]2CCCN2C)nc2c1CCN(c1cc(O)cc3ccccc13)C2. The van der Waals surface area contributed by atoms with Crippen LogP contribution < -0.4 is 14.5 Å². The second-order valence-electron chi connectivity index (χ2n) is 11.2. The van der Waals surface area contributed by atoms with Gasteiger partial charge in [-0.15, -0.1) is 0 Å². The third-order valence-electron chi connectivity index (χ3n) is 8.57. The Morgan fingerprint density at radius 1 is 1.12 bits per heavy atom. The number of phenolic OH excluding ortho intramolecular Hbond substituents is 1. The summed E-state index contributed by atoms with van der Waals surface area (Å²) >= 11 is 0. The van der Waals surface area contributed by atoms with E-state index in [1.165, 1.54) is 12.0 Å². The Labute approximate surface area is 235 Å². The summed E-state index contributed by atoms with van der Waals surface area (Å²) in [7, 11) is 2.15.